The largest absolute Gasteiger partial charge is 0.488 e. The van der Waals surface area contributed by atoms with Crippen molar-refractivity contribution in [2.24, 2.45) is 5.11 Å². The Balaban J connectivity index is 0.00000156. The Bertz CT molecular complexity index is 665. The predicted octanol–water partition coefficient (Wildman–Crippen LogP) is 4.49. The van der Waals surface area contributed by atoms with Crippen molar-refractivity contribution in [2.75, 3.05) is 25.4 Å². The second-order valence-corrected chi connectivity index (χ2v) is 5.92. The van der Waals surface area contributed by atoms with Gasteiger partial charge >= 0.3 is 0 Å². The van der Waals surface area contributed by atoms with Gasteiger partial charge in [0.05, 0.1) is 5.69 Å². The number of nitrogens with two attached hydrogens (primary N) is 1. The Morgan fingerprint density at radius 2 is 1.96 bits per heavy atom. The van der Waals surface area contributed by atoms with Crippen LogP contribution in [0.2, 0.25) is 0 Å². The summed E-state index contributed by atoms with van der Waals surface area (Å²) in [6.45, 7) is 3.00. The minimum Gasteiger partial charge on any atom is -0.488 e. The summed E-state index contributed by atoms with van der Waals surface area (Å²) in [6, 6.07) is 15.9. The van der Waals surface area contributed by atoms with Gasteiger partial charge in [0.15, 0.2) is 0 Å². The highest BCUT2D eigenvalue weighted by Gasteiger charge is 2.27. The van der Waals surface area contributed by atoms with Crippen LogP contribution in [0.5, 0.6) is 5.75 Å². The number of rotatable bonds is 7. The molecule has 0 unspecified atom stereocenters. The van der Waals surface area contributed by atoms with Gasteiger partial charge in [0.2, 0.25) is 0 Å². The molecule has 0 radical (unpaired) electrons. The maximum absolute atomic E-state index is 7.08. The fraction of sp³-hybridized carbons (Fsp3) is 0.333. The van der Waals surface area contributed by atoms with Crippen LogP contribution < -0.4 is 10.5 Å². The van der Waals surface area contributed by atoms with Crippen molar-refractivity contribution in [3.05, 3.63) is 54.1 Å². The zero-order chi connectivity index (χ0) is 16.1. The Labute approximate surface area is 161 Å². The number of anilines is 1. The van der Waals surface area contributed by atoms with E-state index in [1.807, 2.05) is 6.07 Å². The van der Waals surface area contributed by atoms with E-state index in [4.69, 9.17) is 16.0 Å². The molecule has 1 aliphatic rings. The molecular formula is C18H25IN4O. The van der Waals surface area contributed by atoms with Gasteiger partial charge in [-0.05, 0) is 37.1 Å². The van der Waals surface area contributed by atoms with Crippen molar-refractivity contribution in [1.82, 2.24) is 4.90 Å². The predicted molar refractivity (Wildman–Crippen MR) is 109 cm³/mol. The molecule has 5 nitrogen and oxygen atoms in total. The molecule has 0 amide bonds. The maximum Gasteiger partial charge on any atom is 0.124 e. The van der Waals surface area contributed by atoms with E-state index in [0.29, 0.717) is 11.4 Å². The molecule has 1 heterocycles. The molecule has 3 N–H and O–H groups in total. The molecule has 2 aromatic rings. The first-order valence-electron chi connectivity index (χ1n) is 7.94. The van der Waals surface area contributed by atoms with Gasteiger partial charge in [0, 0.05) is 20.6 Å². The summed E-state index contributed by atoms with van der Waals surface area (Å²) in [7, 11) is 0. The van der Waals surface area contributed by atoms with E-state index in [9.17, 15) is 0 Å². The maximum atomic E-state index is 7.08. The number of likely N-dealkylation sites (tertiary alicyclic amines) is 1. The van der Waals surface area contributed by atoms with E-state index < -0.39 is 0 Å². The summed E-state index contributed by atoms with van der Waals surface area (Å²) >= 11 is 0. The number of nitrogen functional groups attached to an aromatic ring is 1. The lowest BCUT2D eigenvalue weighted by molar-refractivity contribution is 0.0195. The summed E-state index contributed by atoms with van der Waals surface area (Å²) in [5.74, 6) is 0.735. The molecule has 0 aliphatic carbocycles. The fourth-order valence-electron chi connectivity index (χ4n) is 2.82. The van der Waals surface area contributed by atoms with E-state index in [1.165, 1.54) is 12.0 Å². The highest BCUT2D eigenvalue weighted by Crippen LogP contribution is 2.28. The molecule has 0 saturated carbocycles. The van der Waals surface area contributed by atoms with E-state index >= 15 is 0 Å². The molecule has 3 rings (SSSR count). The highest BCUT2D eigenvalue weighted by molar-refractivity contribution is 14.0. The summed E-state index contributed by atoms with van der Waals surface area (Å²) < 4.78 is 5.90. The van der Waals surface area contributed by atoms with Crippen LogP contribution in [0, 0.1) is 5.53 Å². The molecule has 1 fully saturated rings. The lowest BCUT2D eigenvalue weighted by Crippen LogP contribution is -2.53. The number of hydrogen-bond acceptors (Lipinski definition) is 5. The van der Waals surface area contributed by atoms with Crippen LogP contribution in [-0.2, 0) is 6.42 Å². The van der Waals surface area contributed by atoms with Crippen LogP contribution in [0.25, 0.3) is 0 Å². The van der Waals surface area contributed by atoms with Crippen LogP contribution in [-0.4, -0.2) is 30.6 Å². The molecule has 0 bridgehead atoms. The average molecular weight is 440 g/mol. The minimum absolute atomic E-state index is 0. The number of benzene rings is 2. The van der Waals surface area contributed by atoms with Crippen LogP contribution in [0.4, 0.5) is 11.4 Å². The van der Waals surface area contributed by atoms with Gasteiger partial charge in [0.25, 0.3) is 0 Å². The zero-order valence-corrected chi connectivity index (χ0v) is 15.9. The summed E-state index contributed by atoms with van der Waals surface area (Å²) in [5.41, 5.74) is 15.2. The van der Waals surface area contributed by atoms with Crippen molar-refractivity contribution in [1.29, 1.82) is 5.53 Å². The van der Waals surface area contributed by atoms with Gasteiger partial charge < -0.3 is 10.5 Å². The second kappa shape index (κ2) is 8.98. The third-order valence-corrected chi connectivity index (χ3v) is 4.13. The van der Waals surface area contributed by atoms with E-state index in [1.54, 1.807) is 12.1 Å². The smallest absolute Gasteiger partial charge is 0.124 e. The fourth-order valence-corrected chi connectivity index (χ4v) is 2.82. The Morgan fingerprint density at radius 3 is 2.67 bits per heavy atom. The molecule has 130 valence electrons. The third-order valence-electron chi connectivity index (χ3n) is 4.13. The summed E-state index contributed by atoms with van der Waals surface area (Å²) in [4.78, 5) is 2.40. The highest BCUT2D eigenvalue weighted by atomic mass is 127. The molecular weight excluding hydrogens is 415 g/mol. The normalized spacial score (nSPS) is 14.5. The number of aryl methyl sites for hydroxylation is 1. The van der Waals surface area contributed by atoms with Gasteiger partial charge in [-0.25, -0.2) is 5.53 Å². The van der Waals surface area contributed by atoms with Crippen molar-refractivity contribution < 1.29 is 6.16 Å². The van der Waals surface area contributed by atoms with Crippen molar-refractivity contribution in [3.63, 3.8) is 0 Å². The average Bonchev–Trinajstić information content (AvgIpc) is 2.55. The quantitative estimate of drug-likeness (QED) is 0.379. The van der Waals surface area contributed by atoms with Crippen LogP contribution in [0.15, 0.2) is 53.6 Å². The van der Waals surface area contributed by atoms with Gasteiger partial charge in [-0.1, -0.05) is 30.3 Å². The van der Waals surface area contributed by atoms with Crippen LogP contribution in [0.3, 0.4) is 0 Å². The van der Waals surface area contributed by atoms with Crippen molar-refractivity contribution >= 4 is 35.4 Å². The zero-order valence-electron chi connectivity index (χ0n) is 13.5. The molecule has 2 aromatic carbocycles. The first-order valence-corrected chi connectivity index (χ1v) is 7.94. The first-order chi connectivity index (χ1) is 11.2. The topological polar surface area (TPSA) is 74.7 Å². The standard InChI is InChI=1S/C18H22N4O.HI.H2/c19-17-9-8-15(11-18(17)21-20)23-16-12-22(13-16)10-4-7-14-5-2-1-3-6-14;;/h1-3,5-6,8-9,11,16,20H,4,7,10,12-13,19H2;2*1H. The third kappa shape index (κ3) is 4.91. The summed E-state index contributed by atoms with van der Waals surface area (Å²) in [5, 5.41) is 3.40. The minimum atomic E-state index is 0. The second-order valence-electron chi connectivity index (χ2n) is 5.92. The van der Waals surface area contributed by atoms with Crippen LogP contribution in [0.1, 0.15) is 13.4 Å². The lowest BCUT2D eigenvalue weighted by atomic mass is 10.1. The van der Waals surface area contributed by atoms with Gasteiger partial charge in [-0.15, -0.1) is 24.0 Å². The van der Waals surface area contributed by atoms with E-state index in [0.717, 1.165) is 31.8 Å². The van der Waals surface area contributed by atoms with E-state index in [2.05, 4.69) is 40.3 Å². The summed E-state index contributed by atoms with van der Waals surface area (Å²) in [6.07, 6.45) is 2.50. The number of halogens is 1. The lowest BCUT2D eigenvalue weighted by Gasteiger charge is -2.39. The monoisotopic (exact) mass is 440 g/mol. The number of nitrogens with zero attached hydrogens (tertiary/aromatic N) is 2. The van der Waals surface area contributed by atoms with Crippen molar-refractivity contribution in [3.8, 4) is 5.75 Å². The number of ether oxygens (including phenoxy) is 1. The molecule has 1 saturated heterocycles. The number of hydrogen-bond donors (Lipinski definition) is 2. The molecule has 0 aromatic heterocycles. The van der Waals surface area contributed by atoms with Crippen molar-refractivity contribution in [2.45, 2.75) is 18.9 Å². The Hall–Kier alpha value is -1.67. The Morgan fingerprint density at radius 1 is 1.21 bits per heavy atom. The number of nitrogens with one attached hydrogen (secondary N) is 1. The van der Waals surface area contributed by atoms with E-state index in [-0.39, 0.29) is 31.5 Å². The molecule has 6 heteroatoms. The van der Waals surface area contributed by atoms with Gasteiger partial charge in [0.1, 0.15) is 17.5 Å². The van der Waals surface area contributed by atoms with Gasteiger partial charge in [-0.3, -0.25) is 4.90 Å². The van der Waals surface area contributed by atoms with Crippen LogP contribution >= 0.6 is 24.0 Å². The first kappa shape index (κ1) is 18.7. The molecule has 1 aliphatic heterocycles. The molecule has 24 heavy (non-hydrogen) atoms. The SMILES string of the molecule is I.N=Nc1cc(OC2CN(CCCc3ccccc3)C2)ccc1N.[HH]. The molecule has 0 spiro atoms. The molecule has 0 atom stereocenters. The van der Waals surface area contributed by atoms with Gasteiger partial charge in [-0.2, -0.15) is 5.11 Å². The Kier molecular flexibility index (Phi) is 6.99.